The molecule has 1 amide bonds. The van der Waals surface area contributed by atoms with Crippen LogP contribution in [-0.4, -0.2) is 18.7 Å². The summed E-state index contributed by atoms with van der Waals surface area (Å²) in [5.74, 6) is 0.474. The summed E-state index contributed by atoms with van der Waals surface area (Å²) in [6.07, 6.45) is 3.23. The lowest BCUT2D eigenvalue weighted by atomic mass is 10.2. The third-order valence-corrected chi connectivity index (χ3v) is 3.26. The predicted octanol–water partition coefficient (Wildman–Crippen LogP) is 3.08. The Labute approximate surface area is 121 Å². The molecule has 0 spiro atoms. The van der Waals surface area contributed by atoms with Crippen molar-refractivity contribution < 1.29 is 9.53 Å². The Morgan fingerprint density at radius 1 is 1.35 bits per heavy atom. The van der Waals surface area contributed by atoms with Gasteiger partial charge in [-0.05, 0) is 23.6 Å². The van der Waals surface area contributed by atoms with Crippen LogP contribution in [0.1, 0.15) is 15.2 Å². The minimum atomic E-state index is -0.222. The highest BCUT2D eigenvalue weighted by atomic mass is 32.1. The second-order valence-corrected chi connectivity index (χ2v) is 4.76. The summed E-state index contributed by atoms with van der Waals surface area (Å²) in [4.78, 5) is 12.3. The fourth-order valence-electron chi connectivity index (χ4n) is 1.49. The number of hydrogen-bond acceptors (Lipinski definition) is 4. The molecule has 2 rings (SSSR count). The van der Waals surface area contributed by atoms with Crippen LogP contribution in [0.25, 0.3) is 0 Å². The van der Waals surface area contributed by atoms with Crippen LogP contribution in [0, 0.1) is 0 Å². The standard InChI is InChI=1S/C15H14N2O2S/c1-2-9-19-13-7-4-3-6-12(13)11-16-17-15(18)14-8-5-10-20-14/h2-8,10-11H,1,9H2,(H,17,18)/b16-11+. The first-order chi connectivity index (χ1) is 9.81. The second-order valence-electron chi connectivity index (χ2n) is 3.81. The van der Waals surface area contributed by atoms with Gasteiger partial charge in [0.05, 0.1) is 11.1 Å². The first-order valence-electron chi connectivity index (χ1n) is 6.01. The number of para-hydroxylation sites is 1. The quantitative estimate of drug-likeness (QED) is 0.504. The number of hydrazone groups is 1. The van der Waals surface area contributed by atoms with Gasteiger partial charge in [0.15, 0.2) is 0 Å². The first-order valence-corrected chi connectivity index (χ1v) is 6.89. The molecule has 1 aromatic carbocycles. The Hall–Kier alpha value is -2.40. The number of hydrogen-bond donors (Lipinski definition) is 1. The molecule has 0 aliphatic carbocycles. The van der Waals surface area contributed by atoms with Crippen LogP contribution in [0.5, 0.6) is 5.75 Å². The van der Waals surface area contributed by atoms with E-state index in [4.69, 9.17) is 4.74 Å². The normalized spacial score (nSPS) is 10.4. The molecule has 1 aromatic heterocycles. The second kappa shape index (κ2) is 7.25. The average Bonchev–Trinajstić information content (AvgIpc) is 3.00. The number of thiophene rings is 1. The highest BCUT2D eigenvalue weighted by molar-refractivity contribution is 7.12. The topological polar surface area (TPSA) is 50.7 Å². The van der Waals surface area contributed by atoms with Gasteiger partial charge in [-0.3, -0.25) is 4.79 Å². The van der Waals surface area contributed by atoms with E-state index in [0.29, 0.717) is 17.2 Å². The fraction of sp³-hybridized carbons (Fsp3) is 0.0667. The predicted molar refractivity (Wildman–Crippen MR) is 81.5 cm³/mol. The van der Waals surface area contributed by atoms with Crippen molar-refractivity contribution in [2.75, 3.05) is 6.61 Å². The molecule has 0 aliphatic heterocycles. The Balaban J connectivity index is 2.00. The number of carbonyl (C=O) groups excluding carboxylic acids is 1. The Kier molecular flexibility index (Phi) is 5.08. The molecule has 1 heterocycles. The van der Waals surface area contributed by atoms with Gasteiger partial charge in [0.25, 0.3) is 5.91 Å². The van der Waals surface area contributed by atoms with Crippen molar-refractivity contribution in [3.63, 3.8) is 0 Å². The third kappa shape index (κ3) is 3.80. The zero-order chi connectivity index (χ0) is 14.2. The number of nitrogens with zero attached hydrogens (tertiary/aromatic N) is 1. The maximum absolute atomic E-state index is 11.7. The van der Waals surface area contributed by atoms with Gasteiger partial charge in [-0.15, -0.1) is 11.3 Å². The van der Waals surface area contributed by atoms with Gasteiger partial charge in [0.1, 0.15) is 12.4 Å². The van der Waals surface area contributed by atoms with E-state index in [0.717, 1.165) is 5.56 Å². The molecular weight excluding hydrogens is 272 g/mol. The van der Waals surface area contributed by atoms with Crippen molar-refractivity contribution in [2.24, 2.45) is 5.10 Å². The number of nitrogens with one attached hydrogen (secondary N) is 1. The van der Waals surface area contributed by atoms with Gasteiger partial charge in [0, 0.05) is 5.56 Å². The maximum Gasteiger partial charge on any atom is 0.281 e. The Bertz CT molecular complexity index is 606. The number of rotatable bonds is 6. The zero-order valence-electron chi connectivity index (χ0n) is 10.8. The molecule has 5 heteroatoms. The summed E-state index contributed by atoms with van der Waals surface area (Å²) in [6.45, 7) is 4.03. The fourth-order valence-corrected chi connectivity index (χ4v) is 2.10. The molecule has 2 aromatic rings. The van der Waals surface area contributed by atoms with Crippen LogP contribution in [0.3, 0.4) is 0 Å². The number of benzene rings is 1. The molecule has 4 nitrogen and oxygen atoms in total. The van der Waals surface area contributed by atoms with Crippen LogP contribution < -0.4 is 10.2 Å². The SMILES string of the molecule is C=CCOc1ccccc1/C=N/NC(=O)c1cccs1. The summed E-state index contributed by atoms with van der Waals surface area (Å²) >= 11 is 1.37. The van der Waals surface area contributed by atoms with Crippen LogP contribution in [0.4, 0.5) is 0 Å². The molecule has 0 saturated carbocycles. The summed E-state index contributed by atoms with van der Waals surface area (Å²) in [7, 11) is 0. The molecule has 0 saturated heterocycles. The summed E-state index contributed by atoms with van der Waals surface area (Å²) in [6, 6.07) is 11.0. The molecule has 1 N–H and O–H groups in total. The van der Waals surface area contributed by atoms with Crippen molar-refractivity contribution >= 4 is 23.5 Å². The lowest BCUT2D eigenvalue weighted by Gasteiger charge is -2.06. The Morgan fingerprint density at radius 3 is 2.95 bits per heavy atom. The average molecular weight is 286 g/mol. The van der Waals surface area contributed by atoms with Gasteiger partial charge >= 0.3 is 0 Å². The molecule has 0 aliphatic rings. The first kappa shape index (κ1) is 14.0. The van der Waals surface area contributed by atoms with E-state index in [1.54, 1.807) is 18.4 Å². The zero-order valence-corrected chi connectivity index (χ0v) is 11.6. The molecule has 20 heavy (non-hydrogen) atoms. The molecule has 102 valence electrons. The van der Waals surface area contributed by atoms with E-state index in [9.17, 15) is 4.79 Å². The van der Waals surface area contributed by atoms with Crippen LogP contribution >= 0.6 is 11.3 Å². The van der Waals surface area contributed by atoms with E-state index in [-0.39, 0.29) is 5.91 Å². The summed E-state index contributed by atoms with van der Waals surface area (Å²) in [5, 5.41) is 5.79. The van der Waals surface area contributed by atoms with Crippen molar-refractivity contribution in [1.29, 1.82) is 0 Å². The smallest absolute Gasteiger partial charge is 0.281 e. The summed E-state index contributed by atoms with van der Waals surface area (Å²) < 4.78 is 5.50. The van der Waals surface area contributed by atoms with Gasteiger partial charge in [-0.2, -0.15) is 5.10 Å². The third-order valence-electron chi connectivity index (χ3n) is 2.39. The molecule has 0 atom stereocenters. The van der Waals surface area contributed by atoms with E-state index in [2.05, 4.69) is 17.1 Å². The molecular formula is C15H14N2O2S. The van der Waals surface area contributed by atoms with Gasteiger partial charge in [-0.1, -0.05) is 30.9 Å². The number of ether oxygens (including phenoxy) is 1. The van der Waals surface area contributed by atoms with Crippen LogP contribution in [0.15, 0.2) is 59.5 Å². The highest BCUT2D eigenvalue weighted by Crippen LogP contribution is 2.15. The summed E-state index contributed by atoms with van der Waals surface area (Å²) in [5.41, 5.74) is 3.27. The van der Waals surface area contributed by atoms with Crippen LogP contribution in [0.2, 0.25) is 0 Å². The molecule has 0 unspecified atom stereocenters. The lowest BCUT2D eigenvalue weighted by Crippen LogP contribution is -2.16. The number of amides is 1. The minimum absolute atomic E-state index is 0.222. The lowest BCUT2D eigenvalue weighted by molar-refractivity contribution is 0.0959. The Morgan fingerprint density at radius 2 is 2.20 bits per heavy atom. The van der Waals surface area contributed by atoms with E-state index >= 15 is 0 Å². The van der Waals surface area contributed by atoms with E-state index in [1.807, 2.05) is 35.7 Å². The van der Waals surface area contributed by atoms with E-state index < -0.39 is 0 Å². The van der Waals surface area contributed by atoms with Crippen molar-refractivity contribution in [3.8, 4) is 5.75 Å². The van der Waals surface area contributed by atoms with Gasteiger partial charge < -0.3 is 4.74 Å². The largest absolute Gasteiger partial charge is 0.489 e. The molecule has 0 radical (unpaired) electrons. The number of carbonyl (C=O) groups is 1. The van der Waals surface area contributed by atoms with Crippen molar-refractivity contribution in [3.05, 3.63) is 64.9 Å². The maximum atomic E-state index is 11.7. The highest BCUT2D eigenvalue weighted by Gasteiger charge is 2.04. The van der Waals surface area contributed by atoms with Gasteiger partial charge in [0.2, 0.25) is 0 Å². The monoisotopic (exact) mass is 286 g/mol. The van der Waals surface area contributed by atoms with Crippen molar-refractivity contribution in [2.45, 2.75) is 0 Å². The van der Waals surface area contributed by atoms with Gasteiger partial charge in [-0.25, -0.2) is 5.43 Å². The van der Waals surface area contributed by atoms with E-state index in [1.165, 1.54) is 11.3 Å². The van der Waals surface area contributed by atoms with Crippen molar-refractivity contribution in [1.82, 2.24) is 5.43 Å². The minimum Gasteiger partial charge on any atom is -0.489 e. The van der Waals surface area contributed by atoms with Crippen LogP contribution in [-0.2, 0) is 0 Å². The molecule has 0 bridgehead atoms. The molecule has 0 fully saturated rings.